The lowest BCUT2D eigenvalue weighted by Gasteiger charge is -2.27. The third kappa shape index (κ3) is 4.98. The third-order valence-electron chi connectivity index (χ3n) is 4.52. The summed E-state index contributed by atoms with van der Waals surface area (Å²) in [5, 5.41) is 4.33. The molecule has 0 aromatic carbocycles. The largest absolute Gasteiger partial charge is 0.308 e. The topological polar surface area (TPSA) is 91.6 Å². The molecule has 2 aromatic rings. The third-order valence-corrected chi connectivity index (χ3v) is 6.61. The van der Waals surface area contributed by atoms with Gasteiger partial charge in [-0.05, 0) is 13.8 Å². The fourth-order valence-electron chi connectivity index (χ4n) is 2.96. The first-order chi connectivity index (χ1) is 13.6. The Morgan fingerprint density at radius 3 is 2.38 bits per heavy atom. The quantitative estimate of drug-likeness (QED) is 0.607. The van der Waals surface area contributed by atoms with Gasteiger partial charge in [-0.25, -0.2) is 9.07 Å². The lowest BCUT2D eigenvalue weighted by Crippen LogP contribution is -2.47. The lowest BCUT2D eigenvalue weighted by atomic mass is 10.3. The van der Waals surface area contributed by atoms with Crippen molar-refractivity contribution in [1.29, 1.82) is 0 Å². The van der Waals surface area contributed by atoms with Gasteiger partial charge < -0.3 is 4.90 Å². The Morgan fingerprint density at radius 2 is 1.83 bits per heavy atom. The molecule has 29 heavy (non-hydrogen) atoms. The predicted octanol–water partition coefficient (Wildman–Crippen LogP) is 1.59. The standard InChI is InChI=1S/C18H27FN6O3S/c1-6-23(7-2)29(27,28)22(5)13-18(26)24(8-3)17-12-25(21-14(17)4)16-9-15(19)10-20-11-16/h9-12H,6-8,13H2,1-5H3. The SMILES string of the molecule is CCN(C(=O)CN(C)S(=O)(=O)N(CC)CC)c1cn(-c2cncc(F)c2)nc1C. The van der Waals surface area contributed by atoms with Gasteiger partial charge in [-0.3, -0.25) is 9.78 Å². The van der Waals surface area contributed by atoms with Gasteiger partial charge in [0.1, 0.15) is 5.82 Å². The number of aryl methyl sites for hydroxylation is 1. The summed E-state index contributed by atoms with van der Waals surface area (Å²) in [4.78, 5) is 18.1. The van der Waals surface area contributed by atoms with Crippen molar-refractivity contribution < 1.29 is 17.6 Å². The fourth-order valence-corrected chi connectivity index (χ4v) is 4.28. The van der Waals surface area contributed by atoms with Crippen LogP contribution in [0.5, 0.6) is 0 Å². The van der Waals surface area contributed by atoms with Gasteiger partial charge in [0.15, 0.2) is 0 Å². The summed E-state index contributed by atoms with van der Waals surface area (Å²) in [5.41, 5.74) is 1.50. The van der Waals surface area contributed by atoms with Crippen LogP contribution >= 0.6 is 0 Å². The van der Waals surface area contributed by atoms with E-state index < -0.39 is 16.0 Å². The maximum atomic E-state index is 13.5. The first kappa shape index (κ1) is 22.9. The molecule has 1 amide bonds. The lowest BCUT2D eigenvalue weighted by molar-refractivity contribution is -0.118. The number of hydrogen-bond donors (Lipinski definition) is 0. The van der Waals surface area contributed by atoms with E-state index in [1.807, 2.05) is 0 Å². The molecule has 0 saturated heterocycles. The van der Waals surface area contributed by atoms with Crippen molar-refractivity contribution >= 4 is 21.8 Å². The minimum absolute atomic E-state index is 0.307. The molecule has 2 aromatic heterocycles. The Hall–Kier alpha value is -2.37. The minimum atomic E-state index is -3.72. The van der Waals surface area contributed by atoms with E-state index in [0.717, 1.165) is 10.5 Å². The summed E-state index contributed by atoms with van der Waals surface area (Å²) in [7, 11) is -2.34. The Balaban J connectivity index is 2.26. The average molecular weight is 427 g/mol. The van der Waals surface area contributed by atoms with Crippen LogP contribution in [0.15, 0.2) is 24.7 Å². The second-order valence-corrected chi connectivity index (χ2v) is 8.43. The highest BCUT2D eigenvalue weighted by atomic mass is 32.2. The number of carbonyl (C=O) groups excluding carboxylic acids is 1. The van der Waals surface area contributed by atoms with Crippen LogP contribution in [-0.4, -0.2) is 70.9 Å². The van der Waals surface area contributed by atoms with Crippen molar-refractivity contribution in [3.8, 4) is 5.69 Å². The van der Waals surface area contributed by atoms with Gasteiger partial charge >= 0.3 is 0 Å². The molecule has 9 nitrogen and oxygen atoms in total. The summed E-state index contributed by atoms with van der Waals surface area (Å²) >= 11 is 0. The van der Waals surface area contributed by atoms with Gasteiger partial charge in [-0.2, -0.15) is 22.1 Å². The Bertz CT molecular complexity index is 958. The molecule has 160 valence electrons. The molecule has 0 saturated carbocycles. The maximum absolute atomic E-state index is 13.5. The summed E-state index contributed by atoms with van der Waals surface area (Å²) in [5.74, 6) is -0.880. The van der Waals surface area contributed by atoms with Crippen LogP contribution in [0.4, 0.5) is 10.1 Å². The molecule has 0 fully saturated rings. The van der Waals surface area contributed by atoms with Gasteiger partial charge in [-0.15, -0.1) is 0 Å². The highest BCUT2D eigenvalue weighted by Crippen LogP contribution is 2.22. The number of carbonyl (C=O) groups is 1. The van der Waals surface area contributed by atoms with Gasteiger partial charge in [0, 0.05) is 32.7 Å². The van der Waals surface area contributed by atoms with E-state index in [0.29, 0.717) is 36.7 Å². The van der Waals surface area contributed by atoms with E-state index in [-0.39, 0.29) is 12.5 Å². The Labute approximate surface area is 170 Å². The normalized spacial score (nSPS) is 12.0. The first-order valence-corrected chi connectivity index (χ1v) is 10.7. The first-order valence-electron chi connectivity index (χ1n) is 9.34. The zero-order valence-electron chi connectivity index (χ0n) is 17.3. The average Bonchev–Trinajstić information content (AvgIpc) is 3.04. The smallest absolute Gasteiger partial charge is 0.282 e. The number of nitrogens with zero attached hydrogens (tertiary/aromatic N) is 6. The fraction of sp³-hybridized carbons (Fsp3) is 0.500. The van der Waals surface area contributed by atoms with E-state index in [1.54, 1.807) is 33.9 Å². The molecule has 2 heterocycles. The number of hydrogen-bond acceptors (Lipinski definition) is 5. The molecular formula is C18H27FN6O3S. The summed E-state index contributed by atoms with van der Waals surface area (Å²) < 4.78 is 42.4. The molecule has 0 aliphatic rings. The van der Waals surface area contributed by atoms with Gasteiger partial charge in [0.05, 0.1) is 42.2 Å². The highest BCUT2D eigenvalue weighted by Gasteiger charge is 2.28. The molecule has 0 atom stereocenters. The Kier molecular flexibility index (Phi) is 7.44. The molecule has 0 radical (unpaired) electrons. The van der Waals surface area contributed by atoms with Crippen LogP contribution in [0.1, 0.15) is 26.5 Å². The second-order valence-electron chi connectivity index (χ2n) is 6.39. The Morgan fingerprint density at radius 1 is 1.17 bits per heavy atom. The van der Waals surface area contributed by atoms with E-state index >= 15 is 0 Å². The zero-order valence-corrected chi connectivity index (χ0v) is 18.1. The number of halogens is 1. The van der Waals surface area contributed by atoms with Crippen molar-refractivity contribution in [2.75, 3.05) is 38.1 Å². The highest BCUT2D eigenvalue weighted by molar-refractivity contribution is 7.86. The maximum Gasteiger partial charge on any atom is 0.282 e. The molecule has 0 aliphatic carbocycles. The van der Waals surface area contributed by atoms with Crippen molar-refractivity contribution in [1.82, 2.24) is 23.4 Å². The van der Waals surface area contributed by atoms with Crippen LogP contribution in [0.3, 0.4) is 0 Å². The van der Waals surface area contributed by atoms with Crippen LogP contribution in [0.25, 0.3) is 5.69 Å². The van der Waals surface area contributed by atoms with Gasteiger partial charge in [-0.1, -0.05) is 13.8 Å². The van der Waals surface area contributed by atoms with Crippen molar-refractivity contribution in [2.45, 2.75) is 27.7 Å². The molecule has 11 heteroatoms. The number of anilines is 1. The predicted molar refractivity (Wildman–Crippen MR) is 109 cm³/mol. The molecule has 0 bridgehead atoms. The number of likely N-dealkylation sites (N-methyl/N-ethyl adjacent to an activating group) is 2. The second kappa shape index (κ2) is 9.42. The molecule has 2 rings (SSSR count). The summed E-state index contributed by atoms with van der Waals surface area (Å²) in [6, 6.07) is 1.28. The van der Waals surface area contributed by atoms with Gasteiger partial charge in [0.2, 0.25) is 5.91 Å². The zero-order chi connectivity index (χ0) is 21.8. The number of pyridine rings is 1. The van der Waals surface area contributed by atoms with Crippen molar-refractivity contribution in [2.24, 2.45) is 0 Å². The van der Waals surface area contributed by atoms with E-state index in [1.165, 1.54) is 33.2 Å². The number of aromatic nitrogens is 3. The van der Waals surface area contributed by atoms with E-state index in [9.17, 15) is 17.6 Å². The van der Waals surface area contributed by atoms with Crippen LogP contribution in [-0.2, 0) is 15.0 Å². The van der Waals surface area contributed by atoms with Crippen LogP contribution in [0, 0.1) is 12.7 Å². The molecular weight excluding hydrogens is 399 g/mol. The molecule has 0 spiro atoms. The molecule has 0 unspecified atom stereocenters. The van der Waals surface area contributed by atoms with Crippen molar-refractivity contribution in [3.05, 3.63) is 36.2 Å². The minimum Gasteiger partial charge on any atom is -0.308 e. The van der Waals surface area contributed by atoms with E-state index in [2.05, 4.69) is 10.1 Å². The number of amides is 1. The van der Waals surface area contributed by atoms with E-state index in [4.69, 9.17) is 0 Å². The van der Waals surface area contributed by atoms with Crippen LogP contribution in [0.2, 0.25) is 0 Å². The summed E-state index contributed by atoms with van der Waals surface area (Å²) in [6.45, 7) is 7.67. The van der Waals surface area contributed by atoms with Crippen LogP contribution < -0.4 is 4.90 Å². The molecule has 0 aliphatic heterocycles. The molecule has 0 N–H and O–H groups in total. The van der Waals surface area contributed by atoms with Crippen molar-refractivity contribution in [3.63, 3.8) is 0 Å². The summed E-state index contributed by atoms with van der Waals surface area (Å²) in [6.07, 6.45) is 4.16. The number of rotatable bonds is 9. The monoisotopic (exact) mass is 426 g/mol. The van der Waals surface area contributed by atoms with Gasteiger partial charge in [0.25, 0.3) is 10.2 Å².